The third-order valence-electron chi connectivity index (χ3n) is 3.94. The Labute approximate surface area is 149 Å². The molecule has 3 heteroatoms. The van der Waals surface area contributed by atoms with Crippen molar-refractivity contribution in [2.45, 2.75) is 0 Å². The monoisotopic (exact) mass is 374 g/mol. The first-order valence-corrected chi connectivity index (χ1v) is 8.58. The Kier molecular flexibility index (Phi) is 4.01. The van der Waals surface area contributed by atoms with E-state index in [1.807, 2.05) is 54.6 Å². The van der Waals surface area contributed by atoms with Crippen molar-refractivity contribution in [1.29, 1.82) is 0 Å². The van der Waals surface area contributed by atoms with Crippen molar-refractivity contribution in [1.82, 2.24) is 9.97 Å². The molecule has 0 saturated heterocycles. The Morgan fingerprint density at radius 1 is 0.667 bits per heavy atom. The maximum absolute atomic E-state index is 4.90. The topological polar surface area (TPSA) is 28.7 Å². The Morgan fingerprint density at radius 2 is 1.25 bits per heavy atom. The highest BCUT2D eigenvalue weighted by molar-refractivity contribution is 9.10. The molecule has 4 rings (SSSR count). The van der Waals surface area contributed by atoms with E-state index in [1.165, 1.54) is 0 Å². The Balaban J connectivity index is 1.94. The number of aromatic nitrogens is 2. The predicted octanol–water partition coefficient (Wildman–Crippen LogP) is 6.17. The van der Waals surface area contributed by atoms with Crippen molar-refractivity contribution in [3.8, 4) is 33.9 Å². The summed E-state index contributed by atoms with van der Waals surface area (Å²) in [6, 6.07) is 28.7. The number of aromatic amines is 1. The van der Waals surface area contributed by atoms with Crippen molar-refractivity contribution in [3.63, 3.8) is 0 Å². The zero-order valence-corrected chi connectivity index (χ0v) is 14.5. The van der Waals surface area contributed by atoms with Gasteiger partial charge in [0, 0.05) is 21.2 Å². The number of benzene rings is 3. The van der Waals surface area contributed by atoms with E-state index in [2.05, 4.69) is 51.2 Å². The first-order chi connectivity index (χ1) is 11.8. The van der Waals surface area contributed by atoms with Gasteiger partial charge >= 0.3 is 0 Å². The van der Waals surface area contributed by atoms with Gasteiger partial charge in [-0.2, -0.15) is 0 Å². The quantitative estimate of drug-likeness (QED) is 0.456. The minimum Gasteiger partial charge on any atom is -0.337 e. The van der Waals surface area contributed by atoms with Crippen LogP contribution in [0.1, 0.15) is 0 Å². The molecular weight excluding hydrogens is 360 g/mol. The summed E-state index contributed by atoms with van der Waals surface area (Å²) >= 11 is 3.62. The molecule has 0 saturated carbocycles. The number of halogens is 1. The van der Waals surface area contributed by atoms with Crippen molar-refractivity contribution in [2.24, 2.45) is 0 Å². The number of hydrogen-bond acceptors (Lipinski definition) is 1. The molecule has 3 aromatic carbocycles. The molecule has 0 bridgehead atoms. The second-order valence-electron chi connectivity index (χ2n) is 5.52. The molecule has 0 atom stereocenters. The highest BCUT2D eigenvalue weighted by Crippen LogP contribution is 2.34. The van der Waals surface area contributed by atoms with Gasteiger partial charge in [0.1, 0.15) is 5.82 Å². The predicted molar refractivity (Wildman–Crippen MR) is 103 cm³/mol. The summed E-state index contributed by atoms with van der Waals surface area (Å²) in [5.41, 5.74) is 5.28. The fourth-order valence-corrected chi connectivity index (χ4v) is 3.25. The van der Waals surface area contributed by atoms with Crippen LogP contribution in [0.3, 0.4) is 0 Å². The highest BCUT2D eigenvalue weighted by Gasteiger charge is 2.16. The maximum atomic E-state index is 4.90. The summed E-state index contributed by atoms with van der Waals surface area (Å²) < 4.78 is 1.03. The lowest BCUT2D eigenvalue weighted by atomic mass is 10.1. The van der Waals surface area contributed by atoms with E-state index in [-0.39, 0.29) is 0 Å². The van der Waals surface area contributed by atoms with Crippen LogP contribution in [0.4, 0.5) is 0 Å². The van der Waals surface area contributed by atoms with E-state index in [0.717, 1.165) is 38.4 Å². The van der Waals surface area contributed by atoms with E-state index in [4.69, 9.17) is 4.98 Å². The van der Waals surface area contributed by atoms with Gasteiger partial charge in [0.15, 0.2) is 0 Å². The lowest BCUT2D eigenvalue weighted by molar-refractivity contribution is 1.30. The van der Waals surface area contributed by atoms with E-state index in [1.54, 1.807) is 0 Å². The average Bonchev–Trinajstić information content (AvgIpc) is 3.09. The smallest absolute Gasteiger partial charge is 0.139 e. The van der Waals surface area contributed by atoms with Gasteiger partial charge in [-0.25, -0.2) is 4.98 Å². The Hall–Kier alpha value is -2.65. The second kappa shape index (κ2) is 6.46. The van der Waals surface area contributed by atoms with E-state index in [9.17, 15) is 0 Å². The van der Waals surface area contributed by atoms with Crippen molar-refractivity contribution >= 4 is 15.9 Å². The largest absolute Gasteiger partial charge is 0.337 e. The molecule has 4 aromatic rings. The average molecular weight is 375 g/mol. The SMILES string of the molecule is Brc1ccccc1-c1nc(-c2ccccc2)c(-c2ccccc2)[nH]1. The van der Waals surface area contributed by atoms with Crippen LogP contribution in [0.5, 0.6) is 0 Å². The molecule has 0 radical (unpaired) electrons. The highest BCUT2D eigenvalue weighted by atomic mass is 79.9. The number of imidazole rings is 1. The number of hydrogen-bond donors (Lipinski definition) is 1. The minimum atomic E-state index is 0.861. The molecule has 0 spiro atoms. The third-order valence-corrected chi connectivity index (χ3v) is 4.63. The van der Waals surface area contributed by atoms with E-state index in [0.29, 0.717) is 0 Å². The van der Waals surface area contributed by atoms with Gasteiger partial charge in [-0.15, -0.1) is 0 Å². The van der Waals surface area contributed by atoms with Crippen LogP contribution in [0.2, 0.25) is 0 Å². The molecule has 1 heterocycles. The van der Waals surface area contributed by atoms with Crippen LogP contribution in [0.25, 0.3) is 33.9 Å². The van der Waals surface area contributed by atoms with Crippen LogP contribution >= 0.6 is 15.9 Å². The van der Waals surface area contributed by atoms with Crippen LogP contribution < -0.4 is 0 Å². The summed E-state index contributed by atoms with van der Waals surface area (Å²) in [5.74, 6) is 0.861. The number of nitrogens with zero attached hydrogens (tertiary/aromatic N) is 1. The first-order valence-electron chi connectivity index (χ1n) is 7.78. The number of rotatable bonds is 3. The van der Waals surface area contributed by atoms with Crippen LogP contribution in [0, 0.1) is 0 Å². The van der Waals surface area contributed by atoms with Gasteiger partial charge in [0.05, 0.1) is 11.4 Å². The number of H-pyrrole nitrogens is 1. The number of nitrogens with one attached hydrogen (secondary N) is 1. The Bertz CT molecular complexity index is 903. The van der Waals surface area contributed by atoms with Gasteiger partial charge in [-0.1, -0.05) is 94.8 Å². The summed E-state index contributed by atoms with van der Waals surface area (Å²) in [6.07, 6.45) is 0. The molecule has 0 aliphatic rings. The van der Waals surface area contributed by atoms with Gasteiger partial charge in [0.2, 0.25) is 0 Å². The van der Waals surface area contributed by atoms with Gasteiger partial charge in [-0.3, -0.25) is 0 Å². The second-order valence-corrected chi connectivity index (χ2v) is 6.38. The van der Waals surface area contributed by atoms with Crippen molar-refractivity contribution in [2.75, 3.05) is 0 Å². The van der Waals surface area contributed by atoms with Gasteiger partial charge in [-0.05, 0) is 6.07 Å². The molecule has 1 aromatic heterocycles. The van der Waals surface area contributed by atoms with Crippen LogP contribution in [-0.2, 0) is 0 Å². The molecule has 0 aliphatic carbocycles. The molecule has 1 N–H and O–H groups in total. The van der Waals surface area contributed by atoms with Crippen molar-refractivity contribution < 1.29 is 0 Å². The molecule has 24 heavy (non-hydrogen) atoms. The summed E-state index contributed by atoms with van der Waals surface area (Å²) in [5, 5.41) is 0. The fraction of sp³-hybridized carbons (Fsp3) is 0. The molecular formula is C21H15BrN2. The van der Waals surface area contributed by atoms with E-state index < -0.39 is 0 Å². The zero-order chi connectivity index (χ0) is 16.4. The van der Waals surface area contributed by atoms with Crippen molar-refractivity contribution in [3.05, 3.63) is 89.4 Å². The summed E-state index contributed by atoms with van der Waals surface area (Å²) in [4.78, 5) is 8.41. The fourth-order valence-electron chi connectivity index (χ4n) is 2.77. The summed E-state index contributed by atoms with van der Waals surface area (Å²) in [6.45, 7) is 0. The normalized spacial score (nSPS) is 10.7. The molecule has 0 aliphatic heterocycles. The zero-order valence-electron chi connectivity index (χ0n) is 12.9. The molecule has 0 fully saturated rings. The molecule has 0 amide bonds. The van der Waals surface area contributed by atoms with Crippen LogP contribution in [-0.4, -0.2) is 9.97 Å². The molecule has 0 unspecified atom stereocenters. The third kappa shape index (κ3) is 2.79. The lowest BCUT2D eigenvalue weighted by Gasteiger charge is -2.02. The van der Waals surface area contributed by atoms with Crippen LogP contribution in [0.15, 0.2) is 89.4 Å². The maximum Gasteiger partial charge on any atom is 0.139 e. The Morgan fingerprint density at radius 3 is 1.92 bits per heavy atom. The lowest BCUT2D eigenvalue weighted by Crippen LogP contribution is -1.82. The van der Waals surface area contributed by atoms with Gasteiger partial charge < -0.3 is 4.98 Å². The first kappa shape index (κ1) is 14.9. The summed E-state index contributed by atoms with van der Waals surface area (Å²) in [7, 11) is 0. The standard InChI is InChI=1S/C21H15BrN2/c22-18-14-8-7-13-17(18)21-23-19(15-9-3-1-4-10-15)20(24-21)16-11-5-2-6-12-16/h1-14H,(H,23,24). The van der Waals surface area contributed by atoms with Gasteiger partial charge in [0.25, 0.3) is 0 Å². The molecule has 116 valence electrons. The minimum absolute atomic E-state index is 0.861. The molecule has 2 nitrogen and oxygen atoms in total. The van der Waals surface area contributed by atoms with E-state index >= 15 is 0 Å².